The van der Waals surface area contributed by atoms with Crippen LogP contribution in [0.25, 0.3) is 0 Å². The molecule has 0 N–H and O–H groups in total. The summed E-state index contributed by atoms with van der Waals surface area (Å²) >= 11 is 0. The molecule has 524 valence electrons. The van der Waals surface area contributed by atoms with E-state index in [1.165, 1.54) is 405 Å². The lowest BCUT2D eigenvalue weighted by atomic mass is 9.94. The smallest absolute Gasteiger partial charge is 0.00865 e. The van der Waals surface area contributed by atoms with E-state index in [1.807, 2.05) is 49.3 Å². The maximum Gasteiger partial charge on any atom is -0.00865 e. The third kappa shape index (κ3) is 38.6. The molecular weight excluding hydrogens is 1110 g/mol. The monoisotopic (exact) mass is 1270 g/mol. The molecule has 3 aromatic carbocycles. The number of rotatable bonds is 66. The molecule has 0 nitrogen and oxygen atoms in total. The van der Waals surface area contributed by atoms with E-state index >= 15 is 0 Å². The molecule has 0 aliphatic heterocycles. The molecule has 1 heteroatoms. The number of hydrogen-bond acceptors (Lipinski definition) is 0. The Kier molecular flexibility index (Phi) is 54.4. The van der Waals surface area contributed by atoms with Gasteiger partial charge in [0.1, 0.15) is 0 Å². The van der Waals surface area contributed by atoms with Crippen LogP contribution in [0.15, 0.2) is 36.4 Å². The average molecular weight is 1270 g/mol. The Balaban J connectivity index is 2.73. The van der Waals surface area contributed by atoms with Gasteiger partial charge in [0.2, 0.25) is 0 Å². The lowest BCUT2D eigenvalue weighted by Crippen LogP contribution is -2.34. The van der Waals surface area contributed by atoms with Crippen molar-refractivity contribution in [2.24, 2.45) is 0 Å². The molecule has 0 fully saturated rings. The Morgan fingerprint density at radius 2 is 0.275 bits per heavy atom. The fourth-order valence-corrected chi connectivity index (χ4v) is 18.6. The first kappa shape index (κ1) is 83.3. The molecular formula is C90H159P. The van der Waals surface area contributed by atoms with Crippen molar-refractivity contribution in [3.63, 3.8) is 0 Å². The van der Waals surface area contributed by atoms with Gasteiger partial charge in [0.15, 0.2) is 0 Å². The largest absolute Gasteiger partial charge is 0.0654 e. The maximum atomic E-state index is 2.93. The first-order valence-corrected chi connectivity index (χ1v) is 43.5. The van der Waals surface area contributed by atoms with Crippen molar-refractivity contribution in [1.82, 2.24) is 0 Å². The molecule has 0 unspecified atom stereocenters. The summed E-state index contributed by atoms with van der Waals surface area (Å²) in [5.41, 5.74) is 15.9. The SMILES string of the molecule is CCCCCCCCc1cc(CCCCCCCC)c(P(c2c(CCCCCCCC)cc(CCCCCCCC)cc2CCCCCCCC)c2c(CCCCCCCC)cc(CCCCCCCC)cc2CCCCCCCC)c(CCCCCCCC)c1. The zero-order chi connectivity index (χ0) is 65.3. The standard InChI is InChI=1S/C90H159P/c1-10-19-28-37-46-55-64-79-73-82(67-58-49-40-31-22-13-4)88(83(74-79)68-59-50-41-32-23-14-5)91(89-84(69-60-51-42-33-24-15-6)75-80(65-56-47-38-29-20-11-2)76-85(89)70-61-52-43-34-25-16-7)90-86(71-62-53-44-35-26-17-8)77-81(66-57-48-39-30-21-12-3)78-87(90)72-63-54-45-36-27-18-9/h73-78H,10-72H2,1-9H3. The highest BCUT2D eigenvalue weighted by Gasteiger charge is 2.32. The Morgan fingerprint density at radius 1 is 0.154 bits per heavy atom. The fourth-order valence-electron chi connectivity index (χ4n) is 15.2. The van der Waals surface area contributed by atoms with Crippen LogP contribution < -0.4 is 15.9 Å². The third-order valence-corrected chi connectivity index (χ3v) is 24.0. The van der Waals surface area contributed by atoms with Crippen molar-refractivity contribution in [1.29, 1.82) is 0 Å². The average Bonchev–Trinajstić information content (AvgIpc) is 0.765. The van der Waals surface area contributed by atoms with Crippen LogP contribution >= 0.6 is 7.92 Å². The minimum atomic E-state index is -0.858. The van der Waals surface area contributed by atoms with Crippen molar-refractivity contribution in [2.75, 3.05) is 0 Å². The van der Waals surface area contributed by atoms with Crippen LogP contribution in [0.5, 0.6) is 0 Å². The number of aryl methyl sites for hydroxylation is 9. The van der Waals surface area contributed by atoms with E-state index in [9.17, 15) is 0 Å². The predicted octanol–water partition coefficient (Wildman–Crippen LogP) is 29.6. The molecule has 0 amide bonds. The van der Waals surface area contributed by atoms with Crippen molar-refractivity contribution in [3.8, 4) is 0 Å². The second kappa shape index (κ2) is 59.4. The molecule has 0 saturated carbocycles. The zero-order valence-corrected chi connectivity index (χ0v) is 64.4. The highest BCUT2D eigenvalue weighted by molar-refractivity contribution is 7.80. The molecule has 0 heterocycles. The van der Waals surface area contributed by atoms with Crippen LogP contribution in [0, 0.1) is 0 Å². The third-order valence-electron chi connectivity index (χ3n) is 20.9. The van der Waals surface area contributed by atoms with E-state index in [0.29, 0.717) is 0 Å². The molecule has 0 atom stereocenters. The van der Waals surface area contributed by atoms with E-state index in [2.05, 4.69) is 98.7 Å². The summed E-state index contributed by atoms with van der Waals surface area (Å²) in [5, 5.41) is 5.70. The minimum absolute atomic E-state index is 0.858. The van der Waals surface area contributed by atoms with E-state index in [4.69, 9.17) is 0 Å². The quantitative estimate of drug-likeness (QED) is 0.0390. The van der Waals surface area contributed by atoms with E-state index in [1.54, 1.807) is 16.7 Å². The molecule has 0 spiro atoms. The van der Waals surface area contributed by atoms with Crippen molar-refractivity contribution in [3.05, 3.63) is 86.5 Å². The van der Waals surface area contributed by atoms with Gasteiger partial charge in [-0.1, -0.05) is 388 Å². The van der Waals surface area contributed by atoms with Gasteiger partial charge < -0.3 is 0 Å². The van der Waals surface area contributed by atoms with E-state index in [-0.39, 0.29) is 0 Å². The van der Waals surface area contributed by atoms with Crippen LogP contribution in [-0.4, -0.2) is 0 Å². The second-order valence-electron chi connectivity index (χ2n) is 29.8. The summed E-state index contributed by atoms with van der Waals surface area (Å²) in [5.74, 6) is 0. The van der Waals surface area contributed by atoms with Crippen molar-refractivity contribution >= 4 is 23.8 Å². The summed E-state index contributed by atoms with van der Waals surface area (Å²) < 4.78 is 0. The normalized spacial score (nSPS) is 11.8. The summed E-state index contributed by atoms with van der Waals surface area (Å²) in [6, 6.07) is 17.6. The fraction of sp³-hybridized carbons (Fsp3) is 0.800. The van der Waals surface area contributed by atoms with Gasteiger partial charge >= 0.3 is 0 Å². The molecule has 91 heavy (non-hydrogen) atoms. The molecule has 3 rings (SSSR count). The molecule has 0 aliphatic rings. The Labute approximate surface area is 573 Å². The Hall–Kier alpha value is -1.91. The predicted molar refractivity (Wildman–Crippen MR) is 419 cm³/mol. The first-order valence-electron chi connectivity index (χ1n) is 42.2. The summed E-state index contributed by atoms with van der Waals surface area (Å²) in [6.45, 7) is 21.6. The van der Waals surface area contributed by atoms with Gasteiger partial charge in [-0.3, -0.25) is 0 Å². The Bertz CT molecular complexity index is 1760. The van der Waals surface area contributed by atoms with Crippen LogP contribution in [0.4, 0.5) is 0 Å². The highest BCUT2D eigenvalue weighted by atomic mass is 31.1. The topological polar surface area (TPSA) is 0 Å². The van der Waals surface area contributed by atoms with Gasteiger partial charge in [-0.2, -0.15) is 0 Å². The van der Waals surface area contributed by atoms with E-state index < -0.39 is 7.92 Å². The van der Waals surface area contributed by atoms with Crippen LogP contribution in [0.1, 0.15) is 459 Å². The molecule has 0 saturated heterocycles. The minimum Gasteiger partial charge on any atom is -0.0654 e. The molecule has 0 bridgehead atoms. The van der Waals surface area contributed by atoms with Gasteiger partial charge in [-0.15, -0.1) is 0 Å². The number of hydrogen-bond donors (Lipinski definition) is 0. The highest BCUT2D eigenvalue weighted by Crippen LogP contribution is 2.44. The number of benzene rings is 3. The molecule has 0 radical (unpaired) electrons. The summed E-state index contributed by atoms with van der Waals surface area (Å²) in [7, 11) is -0.858. The van der Waals surface area contributed by atoms with Crippen LogP contribution in [-0.2, 0) is 57.8 Å². The van der Waals surface area contributed by atoms with Crippen molar-refractivity contribution in [2.45, 2.75) is 467 Å². The second-order valence-corrected chi connectivity index (χ2v) is 31.8. The lowest BCUT2D eigenvalue weighted by Gasteiger charge is -2.34. The molecule has 0 aromatic heterocycles. The Morgan fingerprint density at radius 3 is 0.418 bits per heavy atom. The zero-order valence-electron chi connectivity index (χ0n) is 63.5. The van der Waals surface area contributed by atoms with Gasteiger partial charge in [0.25, 0.3) is 0 Å². The summed E-state index contributed by atoms with van der Waals surface area (Å²) in [4.78, 5) is 0. The lowest BCUT2D eigenvalue weighted by molar-refractivity contribution is 0.602. The summed E-state index contributed by atoms with van der Waals surface area (Å²) in [6.07, 6.45) is 85.7. The van der Waals surface area contributed by atoms with Gasteiger partial charge in [-0.25, -0.2) is 0 Å². The first-order chi connectivity index (χ1) is 44.9. The van der Waals surface area contributed by atoms with E-state index in [0.717, 1.165) is 0 Å². The van der Waals surface area contributed by atoms with Crippen LogP contribution in [0.3, 0.4) is 0 Å². The molecule has 3 aromatic rings. The van der Waals surface area contributed by atoms with Crippen LogP contribution in [0.2, 0.25) is 0 Å². The van der Waals surface area contributed by atoms with Gasteiger partial charge in [0.05, 0.1) is 0 Å². The maximum absolute atomic E-state index is 2.93. The van der Waals surface area contributed by atoms with Gasteiger partial charge in [-0.05, 0) is 189 Å². The van der Waals surface area contributed by atoms with Gasteiger partial charge in [0, 0.05) is 0 Å². The number of unbranched alkanes of at least 4 members (excludes halogenated alkanes) is 45. The van der Waals surface area contributed by atoms with Crippen molar-refractivity contribution < 1.29 is 0 Å². The molecule has 0 aliphatic carbocycles.